The van der Waals surface area contributed by atoms with Gasteiger partial charge in [0.25, 0.3) is 0 Å². The number of nitrogens with one attached hydrogen (secondary N) is 1. The van der Waals surface area contributed by atoms with Crippen molar-refractivity contribution < 1.29 is 14.0 Å². The van der Waals surface area contributed by atoms with Crippen LogP contribution in [-0.4, -0.2) is 48.9 Å². The zero-order valence-corrected chi connectivity index (χ0v) is 17.9. The molecular formula is C23H34FN3O2. The number of rotatable bonds is 5. The minimum absolute atomic E-state index is 0.0222. The fourth-order valence-electron chi connectivity index (χ4n) is 4.38. The summed E-state index contributed by atoms with van der Waals surface area (Å²) in [5, 5.41) is 3.05. The summed E-state index contributed by atoms with van der Waals surface area (Å²) in [6.07, 6.45) is 3.98. The van der Waals surface area contributed by atoms with Gasteiger partial charge in [0.2, 0.25) is 11.8 Å². The number of nitrogens with zero attached hydrogens (tertiary/aromatic N) is 2. The topological polar surface area (TPSA) is 52.7 Å². The Balaban J connectivity index is 1.57. The SMILES string of the molecule is CC1CCC(C(=O)N[C@H](C(=O)N2CCN(c3ccccc3F)CC2)C(C)C)CC1. The molecular weight excluding hydrogens is 369 g/mol. The van der Waals surface area contributed by atoms with Gasteiger partial charge in [-0.05, 0) is 49.7 Å². The third-order valence-electron chi connectivity index (χ3n) is 6.40. The van der Waals surface area contributed by atoms with Gasteiger partial charge in [0.1, 0.15) is 11.9 Å². The van der Waals surface area contributed by atoms with Crippen LogP contribution in [0, 0.1) is 23.6 Å². The maximum atomic E-state index is 14.0. The van der Waals surface area contributed by atoms with E-state index in [0.717, 1.165) is 25.7 Å². The summed E-state index contributed by atoms with van der Waals surface area (Å²) in [5.41, 5.74) is 0.583. The van der Waals surface area contributed by atoms with Gasteiger partial charge in [-0.1, -0.05) is 32.9 Å². The minimum Gasteiger partial charge on any atom is -0.366 e. The van der Waals surface area contributed by atoms with Crippen molar-refractivity contribution in [1.82, 2.24) is 10.2 Å². The fourth-order valence-corrected chi connectivity index (χ4v) is 4.38. The summed E-state index contributed by atoms with van der Waals surface area (Å²) in [7, 11) is 0. The first-order chi connectivity index (χ1) is 13.9. The van der Waals surface area contributed by atoms with E-state index >= 15 is 0 Å². The van der Waals surface area contributed by atoms with Crippen molar-refractivity contribution in [3.8, 4) is 0 Å². The molecule has 2 aliphatic rings. The lowest BCUT2D eigenvalue weighted by molar-refractivity contribution is -0.139. The number of hydrogen-bond donors (Lipinski definition) is 1. The van der Waals surface area contributed by atoms with Gasteiger partial charge in [0, 0.05) is 32.1 Å². The standard InChI is InChI=1S/C23H34FN3O2/c1-16(2)21(25-22(28)18-10-8-17(3)9-11-18)23(29)27-14-12-26(13-15-27)20-7-5-4-6-19(20)24/h4-7,16-18,21H,8-15H2,1-3H3,(H,25,28)/t17?,18?,21-/m0/s1. The molecule has 0 unspecified atom stereocenters. The van der Waals surface area contributed by atoms with E-state index in [1.807, 2.05) is 29.7 Å². The van der Waals surface area contributed by atoms with E-state index in [-0.39, 0.29) is 29.5 Å². The van der Waals surface area contributed by atoms with Gasteiger partial charge >= 0.3 is 0 Å². The van der Waals surface area contributed by atoms with Crippen molar-refractivity contribution in [2.45, 2.75) is 52.5 Å². The quantitative estimate of drug-likeness (QED) is 0.819. The number of para-hydroxylation sites is 1. The van der Waals surface area contributed by atoms with E-state index in [0.29, 0.717) is 37.8 Å². The molecule has 1 aromatic carbocycles. The molecule has 2 fully saturated rings. The van der Waals surface area contributed by atoms with Crippen LogP contribution in [0.15, 0.2) is 24.3 Å². The highest BCUT2D eigenvalue weighted by molar-refractivity contribution is 5.89. The summed E-state index contributed by atoms with van der Waals surface area (Å²) >= 11 is 0. The molecule has 0 bridgehead atoms. The van der Waals surface area contributed by atoms with E-state index in [1.165, 1.54) is 6.07 Å². The normalized spacial score (nSPS) is 23.8. The Morgan fingerprint density at radius 2 is 1.66 bits per heavy atom. The van der Waals surface area contributed by atoms with Crippen LogP contribution in [0.1, 0.15) is 46.5 Å². The van der Waals surface area contributed by atoms with E-state index < -0.39 is 6.04 Å². The third kappa shape index (κ3) is 5.28. The van der Waals surface area contributed by atoms with Gasteiger partial charge in [-0.2, -0.15) is 0 Å². The first-order valence-corrected chi connectivity index (χ1v) is 11.0. The van der Waals surface area contributed by atoms with Crippen LogP contribution < -0.4 is 10.2 Å². The monoisotopic (exact) mass is 403 g/mol. The maximum Gasteiger partial charge on any atom is 0.245 e. The average Bonchev–Trinajstić information content (AvgIpc) is 2.72. The van der Waals surface area contributed by atoms with Crippen molar-refractivity contribution in [1.29, 1.82) is 0 Å². The van der Waals surface area contributed by atoms with Crippen LogP contribution in [-0.2, 0) is 9.59 Å². The Morgan fingerprint density at radius 3 is 2.24 bits per heavy atom. The number of hydrogen-bond acceptors (Lipinski definition) is 3. The van der Waals surface area contributed by atoms with Gasteiger partial charge in [-0.25, -0.2) is 4.39 Å². The minimum atomic E-state index is -0.498. The van der Waals surface area contributed by atoms with Gasteiger partial charge < -0.3 is 15.1 Å². The first kappa shape index (κ1) is 21.6. The summed E-state index contributed by atoms with van der Waals surface area (Å²) in [4.78, 5) is 29.7. The number of piperazine rings is 1. The third-order valence-corrected chi connectivity index (χ3v) is 6.40. The Bertz CT molecular complexity index is 708. The van der Waals surface area contributed by atoms with Crippen LogP contribution in [0.5, 0.6) is 0 Å². The van der Waals surface area contributed by atoms with Gasteiger partial charge in [0.15, 0.2) is 0 Å². The molecule has 29 heavy (non-hydrogen) atoms. The number of benzene rings is 1. The van der Waals surface area contributed by atoms with Crippen molar-refractivity contribution in [2.24, 2.45) is 17.8 Å². The second kappa shape index (κ2) is 9.59. The highest BCUT2D eigenvalue weighted by atomic mass is 19.1. The average molecular weight is 404 g/mol. The van der Waals surface area contributed by atoms with E-state index in [1.54, 1.807) is 12.1 Å². The Hall–Kier alpha value is -2.11. The van der Waals surface area contributed by atoms with Gasteiger partial charge in [-0.3, -0.25) is 9.59 Å². The van der Waals surface area contributed by atoms with Crippen LogP contribution in [0.2, 0.25) is 0 Å². The predicted octanol–water partition coefficient (Wildman–Crippen LogP) is 3.44. The molecule has 1 heterocycles. The molecule has 1 aromatic rings. The number of amides is 2. The fraction of sp³-hybridized carbons (Fsp3) is 0.652. The van der Waals surface area contributed by atoms with Crippen molar-refractivity contribution in [2.75, 3.05) is 31.1 Å². The lowest BCUT2D eigenvalue weighted by atomic mass is 9.82. The van der Waals surface area contributed by atoms with Crippen LogP contribution in [0.3, 0.4) is 0 Å². The molecule has 3 rings (SSSR count). The molecule has 0 spiro atoms. The second-order valence-electron chi connectivity index (χ2n) is 8.95. The molecule has 2 amide bonds. The van der Waals surface area contributed by atoms with E-state index in [2.05, 4.69) is 12.2 Å². The zero-order valence-electron chi connectivity index (χ0n) is 17.9. The Labute approximate surface area is 173 Å². The predicted molar refractivity (Wildman–Crippen MR) is 113 cm³/mol. The molecule has 6 heteroatoms. The Kier molecular flexibility index (Phi) is 7.14. The summed E-state index contributed by atoms with van der Waals surface area (Å²) < 4.78 is 14.0. The number of halogens is 1. The molecule has 160 valence electrons. The molecule has 1 aliphatic heterocycles. The van der Waals surface area contributed by atoms with Crippen LogP contribution in [0.25, 0.3) is 0 Å². The molecule has 5 nitrogen and oxygen atoms in total. The van der Waals surface area contributed by atoms with E-state index in [9.17, 15) is 14.0 Å². The van der Waals surface area contributed by atoms with Crippen molar-refractivity contribution >= 4 is 17.5 Å². The molecule has 1 aliphatic carbocycles. The summed E-state index contributed by atoms with van der Waals surface area (Å²) in [6.45, 7) is 8.43. The number of carbonyl (C=O) groups excluding carboxylic acids is 2. The number of carbonyl (C=O) groups is 2. The molecule has 1 saturated carbocycles. The molecule has 0 aromatic heterocycles. The first-order valence-electron chi connectivity index (χ1n) is 11.0. The highest BCUT2D eigenvalue weighted by Crippen LogP contribution is 2.28. The molecule has 1 saturated heterocycles. The summed E-state index contributed by atoms with van der Waals surface area (Å²) in [5.74, 6) is 0.505. The highest BCUT2D eigenvalue weighted by Gasteiger charge is 2.33. The van der Waals surface area contributed by atoms with Gasteiger partial charge in [0.05, 0.1) is 5.69 Å². The van der Waals surface area contributed by atoms with E-state index in [4.69, 9.17) is 0 Å². The second-order valence-corrected chi connectivity index (χ2v) is 8.95. The Morgan fingerprint density at radius 1 is 1.03 bits per heavy atom. The van der Waals surface area contributed by atoms with Crippen LogP contribution >= 0.6 is 0 Å². The number of anilines is 1. The van der Waals surface area contributed by atoms with Crippen LogP contribution in [0.4, 0.5) is 10.1 Å². The zero-order chi connectivity index (χ0) is 21.0. The molecule has 1 N–H and O–H groups in total. The van der Waals surface area contributed by atoms with Gasteiger partial charge in [-0.15, -0.1) is 0 Å². The smallest absolute Gasteiger partial charge is 0.245 e. The van der Waals surface area contributed by atoms with Crippen molar-refractivity contribution in [3.63, 3.8) is 0 Å². The molecule has 1 atom stereocenters. The maximum absolute atomic E-state index is 14.0. The largest absolute Gasteiger partial charge is 0.366 e. The lowest BCUT2D eigenvalue weighted by Gasteiger charge is -2.38. The lowest BCUT2D eigenvalue weighted by Crippen LogP contribution is -2.57. The summed E-state index contributed by atoms with van der Waals surface area (Å²) in [6, 6.07) is 6.24. The molecule has 0 radical (unpaired) electrons. The van der Waals surface area contributed by atoms with Crippen molar-refractivity contribution in [3.05, 3.63) is 30.1 Å².